The van der Waals surface area contributed by atoms with Gasteiger partial charge in [0.25, 0.3) is 0 Å². The highest BCUT2D eigenvalue weighted by atomic mass is 15.0. The third-order valence-electron chi connectivity index (χ3n) is 9.81. The Morgan fingerprint density at radius 3 is 0.804 bits per heavy atom. The van der Waals surface area contributed by atoms with Gasteiger partial charge in [-0.15, -0.1) is 0 Å². The molecular weight excluding hydrogens is 677 g/mol. The van der Waals surface area contributed by atoms with Gasteiger partial charge in [-0.25, -0.2) is 0 Å². The number of hydrogen-bond acceptors (Lipinski definition) is 0. The van der Waals surface area contributed by atoms with E-state index in [0.29, 0.717) is 0 Å². The number of fused-ring (bicyclic) bond motifs is 6. The summed E-state index contributed by atoms with van der Waals surface area (Å²) in [4.78, 5) is 0. The molecule has 0 spiro atoms. The van der Waals surface area contributed by atoms with E-state index in [2.05, 4.69) is 234 Å². The predicted molar refractivity (Wildman–Crippen MR) is 249 cm³/mol. The summed E-state index contributed by atoms with van der Waals surface area (Å²) in [6.45, 7) is 23.1. The molecule has 0 aliphatic heterocycles. The van der Waals surface area contributed by atoms with Gasteiger partial charge in [-0.2, -0.15) is 0 Å². The van der Waals surface area contributed by atoms with Crippen LogP contribution in [0.15, 0.2) is 170 Å². The van der Waals surface area contributed by atoms with Crippen LogP contribution in [0.3, 0.4) is 0 Å². The van der Waals surface area contributed by atoms with E-state index in [1.54, 1.807) is 0 Å². The molecule has 0 saturated heterocycles. The zero-order chi connectivity index (χ0) is 40.5. The van der Waals surface area contributed by atoms with E-state index in [-0.39, 0.29) is 0 Å². The number of para-hydroxylation sites is 4. The van der Waals surface area contributed by atoms with Crippen molar-refractivity contribution in [2.24, 2.45) is 0 Å². The van der Waals surface area contributed by atoms with Crippen LogP contribution in [-0.4, -0.2) is 9.13 Å². The van der Waals surface area contributed by atoms with Gasteiger partial charge in [0.2, 0.25) is 0 Å². The molecule has 0 aliphatic carbocycles. The first kappa shape index (κ1) is 42.9. The summed E-state index contributed by atoms with van der Waals surface area (Å²) in [6.07, 6.45) is 0. The van der Waals surface area contributed by atoms with Gasteiger partial charge in [0.15, 0.2) is 0 Å². The average Bonchev–Trinajstić information content (AvgIpc) is 3.74. The van der Waals surface area contributed by atoms with Crippen LogP contribution in [0.4, 0.5) is 0 Å². The second-order valence-electron chi connectivity index (χ2n) is 14.0. The van der Waals surface area contributed by atoms with E-state index in [4.69, 9.17) is 0 Å². The molecule has 0 bridgehead atoms. The lowest BCUT2D eigenvalue weighted by Crippen LogP contribution is -1.91. The van der Waals surface area contributed by atoms with Crippen LogP contribution in [0.2, 0.25) is 0 Å². The van der Waals surface area contributed by atoms with Crippen molar-refractivity contribution in [2.75, 3.05) is 0 Å². The zero-order valence-electron chi connectivity index (χ0n) is 35.5. The topological polar surface area (TPSA) is 9.86 Å². The first-order valence-corrected chi connectivity index (χ1v) is 20.2. The molecule has 0 saturated carbocycles. The molecule has 2 heterocycles. The van der Waals surface area contributed by atoms with Crippen LogP contribution in [0.25, 0.3) is 43.6 Å². The second-order valence-corrected chi connectivity index (χ2v) is 14.0. The summed E-state index contributed by atoms with van der Waals surface area (Å²) in [5.41, 5.74) is 13.4. The molecule has 0 N–H and O–H groups in total. The largest absolute Gasteiger partial charge is 0.341 e. The van der Waals surface area contributed by atoms with Crippen molar-refractivity contribution in [1.82, 2.24) is 9.13 Å². The fourth-order valence-electron chi connectivity index (χ4n) is 6.79. The summed E-state index contributed by atoms with van der Waals surface area (Å²) in [6, 6.07) is 59.7. The van der Waals surface area contributed by atoms with Crippen molar-refractivity contribution in [3.8, 4) is 0 Å². The summed E-state index contributed by atoms with van der Waals surface area (Å²) < 4.78 is 4.73. The lowest BCUT2D eigenvalue weighted by Gasteiger charge is -2.01. The number of benzene rings is 7. The first-order valence-electron chi connectivity index (χ1n) is 20.2. The Balaban J connectivity index is 0.000000159. The lowest BCUT2D eigenvalue weighted by molar-refractivity contribution is 0.827. The molecule has 2 nitrogen and oxygen atoms in total. The Bertz CT molecular complexity index is 2250. The lowest BCUT2D eigenvalue weighted by atomic mass is 10.1. The molecule has 2 aromatic heterocycles. The number of rotatable bonds is 2. The molecule has 0 aliphatic rings. The van der Waals surface area contributed by atoms with Gasteiger partial charge in [-0.1, -0.05) is 182 Å². The molecular formula is C54H62N2. The van der Waals surface area contributed by atoms with E-state index >= 15 is 0 Å². The monoisotopic (exact) mass is 738 g/mol. The maximum absolute atomic E-state index is 2.37. The summed E-state index contributed by atoms with van der Waals surface area (Å²) in [7, 11) is 0. The van der Waals surface area contributed by atoms with E-state index in [1.807, 2.05) is 13.8 Å². The van der Waals surface area contributed by atoms with Crippen molar-refractivity contribution in [3.05, 3.63) is 203 Å². The van der Waals surface area contributed by atoms with Gasteiger partial charge in [0.1, 0.15) is 0 Å². The fourth-order valence-corrected chi connectivity index (χ4v) is 6.79. The standard InChI is InChI=1S/2C14H13N.3C8H10.C2H6/c2*1-2-15-13-9-5-3-7-11(13)12-8-4-6-10-14(12)15;1-7-3-5-8(2)6-4-7;1-7-4-3-5-8(2)6-7;1-7-5-3-4-6-8(7)2;1-2/h2*3-10H,2H2,1H3;3*3-6H,1-2H3;1-2H3. The van der Waals surface area contributed by atoms with Gasteiger partial charge < -0.3 is 9.13 Å². The smallest absolute Gasteiger partial charge is 0.0491 e. The maximum atomic E-state index is 2.37. The fraction of sp³-hybridized carbons (Fsp3) is 0.222. The van der Waals surface area contributed by atoms with Crippen LogP contribution >= 0.6 is 0 Å². The molecule has 56 heavy (non-hydrogen) atoms. The molecule has 7 aromatic carbocycles. The molecule has 9 aromatic rings. The van der Waals surface area contributed by atoms with Crippen molar-refractivity contribution >= 4 is 43.6 Å². The Morgan fingerprint density at radius 1 is 0.304 bits per heavy atom. The minimum absolute atomic E-state index is 1.02. The van der Waals surface area contributed by atoms with Crippen LogP contribution in [-0.2, 0) is 13.1 Å². The Hall–Kier alpha value is -5.86. The third-order valence-corrected chi connectivity index (χ3v) is 9.81. The normalized spacial score (nSPS) is 10.1. The molecule has 0 radical (unpaired) electrons. The zero-order valence-corrected chi connectivity index (χ0v) is 35.5. The molecule has 0 atom stereocenters. The Kier molecular flexibility index (Phi) is 16.8. The molecule has 2 heteroatoms. The third kappa shape index (κ3) is 11.3. The predicted octanol–water partition coefficient (Wildman–Crippen LogP) is 15.6. The van der Waals surface area contributed by atoms with Crippen molar-refractivity contribution < 1.29 is 0 Å². The highest BCUT2D eigenvalue weighted by molar-refractivity contribution is 6.08. The van der Waals surface area contributed by atoms with Crippen LogP contribution in [0.1, 0.15) is 61.1 Å². The van der Waals surface area contributed by atoms with Crippen LogP contribution in [0.5, 0.6) is 0 Å². The van der Waals surface area contributed by atoms with Gasteiger partial charge in [-0.05, 0) is 90.8 Å². The van der Waals surface area contributed by atoms with Gasteiger partial charge in [0.05, 0.1) is 0 Å². The quantitative estimate of drug-likeness (QED) is 0.167. The summed E-state index contributed by atoms with van der Waals surface area (Å²) >= 11 is 0. The minimum atomic E-state index is 1.02. The summed E-state index contributed by atoms with van der Waals surface area (Å²) in [5.74, 6) is 0. The van der Waals surface area contributed by atoms with E-state index in [9.17, 15) is 0 Å². The van der Waals surface area contributed by atoms with Crippen molar-refractivity contribution in [3.63, 3.8) is 0 Å². The molecule has 0 fully saturated rings. The van der Waals surface area contributed by atoms with Gasteiger partial charge >= 0.3 is 0 Å². The highest BCUT2D eigenvalue weighted by Gasteiger charge is 2.08. The molecule has 0 amide bonds. The Labute approximate surface area is 337 Å². The number of aryl methyl sites for hydroxylation is 8. The van der Waals surface area contributed by atoms with E-state index in [0.717, 1.165) is 13.1 Å². The van der Waals surface area contributed by atoms with Crippen molar-refractivity contribution in [2.45, 2.75) is 82.3 Å². The number of nitrogens with zero attached hydrogens (tertiary/aromatic N) is 2. The van der Waals surface area contributed by atoms with E-state index < -0.39 is 0 Å². The number of aromatic nitrogens is 2. The number of hydrogen-bond donors (Lipinski definition) is 0. The summed E-state index contributed by atoms with van der Waals surface area (Å²) in [5, 5.41) is 5.43. The van der Waals surface area contributed by atoms with Crippen LogP contribution in [0, 0.1) is 41.5 Å². The highest BCUT2D eigenvalue weighted by Crippen LogP contribution is 2.29. The maximum Gasteiger partial charge on any atom is 0.0491 e. The minimum Gasteiger partial charge on any atom is -0.341 e. The Morgan fingerprint density at radius 2 is 0.571 bits per heavy atom. The average molecular weight is 739 g/mol. The van der Waals surface area contributed by atoms with Crippen LogP contribution < -0.4 is 0 Å². The van der Waals surface area contributed by atoms with Gasteiger partial charge in [-0.3, -0.25) is 0 Å². The van der Waals surface area contributed by atoms with Crippen molar-refractivity contribution in [1.29, 1.82) is 0 Å². The van der Waals surface area contributed by atoms with Gasteiger partial charge in [0, 0.05) is 56.7 Å². The molecule has 288 valence electrons. The second kappa shape index (κ2) is 21.9. The van der Waals surface area contributed by atoms with E-state index in [1.165, 1.54) is 77.0 Å². The molecule has 9 rings (SSSR count). The SMILES string of the molecule is CC.CCn1c2ccccc2c2ccccc21.CCn1c2ccccc2c2ccccc21.Cc1ccc(C)cc1.Cc1cccc(C)c1.Cc1ccccc1C. The first-order chi connectivity index (χ1) is 27.2. The molecule has 0 unspecified atom stereocenters.